The van der Waals surface area contributed by atoms with Crippen molar-refractivity contribution in [2.24, 2.45) is 5.73 Å². The zero-order chi connectivity index (χ0) is 19.4. The highest BCUT2D eigenvalue weighted by atomic mass is 32.1. The van der Waals surface area contributed by atoms with Crippen LogP contribution in [0.25, 0.3) is 0 Å². The summed E-state index contributed by atoms with van der Waals surface area (Å²) in [5.74, 6) is -0.239. The van der Waals surface area contributed by atoms with Gasteiger partial charge in [0, 0.05) is 28.0 Å². The molecule has 0 saturated carbocycles. The molecule has 27 heavy (non-hydrogen) atoms. The van der Waals surface area contributed by atoms with E-state index in [-0.39, 0.29) is 12.3 Å². The van der Waals surface area contributed by atoms with E-state index in [0.29, 0.717) is 28.0 Å². The maximum atomic E-state index is 12.2. The van der Waals surface area contributed by atoms with E-state index in [9.17, 15) is 9.59 Å². The number of primary amides is 1. The van der Waals surface area contributed by atoms with E-state index in [4.69, 9.17) is 5.73 Å². The van der Waals surface area contributed by atoms with Gasteiger partial charge in [-0.3, -0.25) is 9.59 Å². The Morgan fingerprint density at radius 1 is 1.07 bits per heavy atom. The van der Waals surface area contributed by atoms with Crippen molar-refractivity contribution < 1.29 is 9.59 Å². The van der Waals surface area contributed by atoms with E-state index in [1.807, 2.05) is 19.9 Å². The first-order chi connectivity index (χ1) is 12.9. The summed E-state index contributed by atoms with van der Waals surface area (Å²) in [7, 11) is 0. The monoisotopic (exact) mass is 382 g/mol. The Morgan fingerprint density at radius 3 is 2.37 bits per heavy atom. The number of nitrogens with zero attached hydrogens (tertiary/aromatic N) is 3. The highest BCUT2D eigenvalue weighted by Gasteiger charge is 2.10. The Hall–Kier alpha value is -3.33. The number of aryl methyl sites for hydroxylation is 2. The van der Waals surface area contributed by atoms with Crippen LogP contribution in [0.4, 0.5) is 16.8 Å². The van der Waals surface area contributed by atoms with Crippen molar-refractivity contribution in [3.05, 3.63) is 58.4 Å². The fraction of sp³-hybridized carbons (Fsp3) is 0.167. The lowest BCUT2D eigenvalue weighted by molar-refractivity contribution is -0.115. The molecule has 0 bridgehead atoms. The van der Waals surface area contributed by atoms with Gasteiger partial charge in [0.25, 0.3) is 0 Å². The fourth-order valence-electron chi connectivity index (χ4n) is 2.41. The summed E-state index contributed by atoms with van der Waals surface area (Å²) in [6.45, 7) is 3.79. The van der Waals surface area contributed by atoms with Crippen molar-refractivity contribution in [2.45, 2.75) is 20.3 Å². The Balaban J connectivity index is 1.59. The molecule has 3 aromatic rings. The smallest absolute Gasteiger partial charge is 0.248 e. The second kappa shape index (κ2) is 7.92. The van der Waals surface area contributed by atoms with Crippen molar-refractivity contribution in [1.29, 1.82) is 0 Å². The summed E-state index contributed by atoms with van der Waals surface area (Å²) in [6.07, 6.45) is 0.128. The van der Waals surface area contributed by atoms with Crippen molar-refractivity contribution >= 4 is 39.9 Å². The van der Waals surface area contributed by atoms with Crippen molar-refractivity contribution in [3.63, 3.8) is 0 Å². The summed E-state index contributed by atoms with van der Waals surface area (Å²) in [5.41, 5.74) is 8.53. The van der Waals surface area contributed by atoms with Gasteiger partial charge in [0.2, 0.25) is 17.8 Å². The third kappa shape index (κ3) is 5.08. The van der Waals surface area contributed by atoms with Gasteiger partial charge in [-0.25, -0.2) is 15.0 Å². The minimum absolute atomic E-state index is 0.128. The molecule has 3 rings (SSSR count). The van der Waals surface area contributed by atoms with E-state index in [1.54, 1.807) is 29.6 Å². The number of nitrogens with one attached hydrogen (secondary N) is 2. The summed E-state index contributed by atoms with van der Waals surface area (Å²) in [6, 6.07) is 8.27. The molecule has 0 radical (unpaired) electrons. The normalized spacial score (nSPS) is 10.4. The van der Waals surface area contributed by atoms with Crippen LogP contribution in [0.15, 0.2) is 35.7 Å². The van der Waals surface area contributed by atoms with Gasteiger partial charge in [0.15, 0.2) is 5.13 Å². The van der Waals surface area contributed by atoms with Crippen LogP contribution in [-0.2, 0) is 11.2 Å². The largest absolute Gasteiger partial charge is 0.366 e. The minimum atomic E-state index is -0.511. The summed E-state index contributed by atoms with van der Waals surface area (Å²) in [4.78, 5) is 36.2. The first kappa shape index (κ1) is 18.5. The molecule has 0 aliphatic rings. The quantitative estimate of drug-likeness (QED) is 0.602. The molecule has 0 aliphatic carbocycles. The van der Waals surface area contributed by atoms with Crippen LogP contribution < -0.4 is 16.4 Å². The Morgan fingerprint density at radius 2 is 1.74 bits per heavy atom. The molecule has 0 fully saturated rings. The molecule has 9 heteroatoms. The molecule has 0 atom stereocenters. The number of nitrogens with two attached hydrogens (primary N) is 1. The second-order valence-electron chi connectivity index (χ2n) is 5.91. The molecular weight excluding hydrogens is 364 g/mol. The molecule has 0 spiro atoms. The molecule has 2 amide bonds. The number of carbonyl (C=O) groups excluding carboxylic acids is 2. The van der Waals surface area contributed by atoms with Crippen molar-refractivity contribution in [3.8, 4) is 0 Å². The molecule has 1 aromatic carbocycles. The number of hydrogen-bond acceptors (Lipinski definition) is 7. The predicted molar refractivity (Wildman–Crippen MR) is 104 cm³/mol. The van der Waals surface area contributed by atoms with Crippen molar-refractivity contribution in [1.82, 2.24) is 15.0 Å². The van der Waals surface area contributed by atoms with E-state index < -0.39 is 5.91 Å². The van der Waals surface area contributed by atoms with E-state index in [1.165, 1.54) is 11.3 Å². The first-order valence-corrected chi connectivity index (χ1v) is 9.00. The summed E-state index contributed by atoms with van der Waals surface area (Å²) >= 11 is 1.38. The zero-order valence-corrected chi connectivity index (χ0v) is 15.6. The molecule has 0 aliphatic heterocycles. The first-order valence-electron chi connectivity index (χ1n) is 8.12. The Bertz CT molecular complexity index is 964. The van der Waals surface area contributed by atoms with Crippen LogP contribution in [0.5, 0.6) is 0 Å². The average molecular weight is 382 g/mol. The van der Waals surface area contributed by atoms with Crippen LogP contribution in [0.2, 0.25) is 0 Å². The number of amides is 2. The number of aromatic nitrogens is 3. The fourth-order valence-corrected chi connectivity index (χ4v) is 3.11. The Kier molecular flexibility index (Phi) is 5.41. The van der Waals surface area contributed by atoms with Crippen LogP contribution in [0.3, 0.4) is 0 Å². The van der Waals surface area contributed by atoms with Gasteiger partial charge in [0.05, 0.1) is 12.1 Å². The van der Waals surface area contributed by atoms with Gasteiger partial charge in [-0.05, 0) is 44.2 Å². The van der Waals surface area contributed by atoms with Crippen LogP contribution >= 0.6 is 11.3 Å². The maximum Gasteiger partial charge on any atom is 0.248 e. The predicted octanol–water partition coefficient (Wildman–Crippen LogP) is 2.57. The molecule has 4 N–H and O–H groups in total. The topological polar surface area (TPSA) is 123 Å². The van der Waals surface area contributed by atoms with Gasteiger partial charge in [-0.2, -0.15) is 0 Å². The number of benzene rings is 1. The van der Waals surface area contributed by atoms with E-state index in [0.717, 1.165) is 11.4 Å². The van der Waals surface area contributed by atoms with Gasteiger partial charge in [-0.1, -0.05) is 0 Å². The van der Waals surface area contributed by atoms with Gasteiger partial charge < -0.3 is 16.4 Å². The van der Waals surface area contributed by atoms with Crippen LogP contribution in [-0.4, -0.2) is 26.8 Å². The lowest BCUT2D eigenvalue weighted by Crippen LogP contribution is -2.15. The van der Waals surface area contributed by atoms with Crippen molar-refractivity contribution in [2.75, 3.05) is 10.6 Å². The number of anilines is 3. The van der Waals surface area contributed by atoms with E-state index in [2.05, 4.69) is 25.6 Å². The highest BCUT2D eigenvalue weighted by molar-refractivity contribution is 7.13. The molecule has 8 nitrogen and oxygen atoms in total. The van der Waals surface area contributed by atoms with Crippen LogP contribution in [0.1, 0.15) is 27.4 Å². The highest BCUT2D eigenvalue weighted by Crippen LogP contribution is 2.20. The van der Waals surface area contributed by atoms with E-state index >= 15 is 0 Å². The number of hydrogen-bond donors (Lipinski definition) is 3. The summed E-state index contributed by atoms with van der Waals surface area (Å²) in [5, 5.41) is 8.24. The minimum Gasteiger partial charge on any atom is -0.366 e. The SMILES string of the molecule is Cc1cc(C)nc(Nc2nc(CC(=O)Nc3ccc(C(N)=O)cc3)cs2)n1. The lowest BCUT2D eigenvalue weighted by atomic mass is 10.2. The van der Waals surface area contributed by atoms with Gasteiger partial charge in [0.1, 0.15) is 0 Å². The molecule has 2 heterocycles. The number of thiazole rings is 1. The molecular formula is C18H18N6O2S. The third-order valence-corrected chi connectivity index (χ3v) is 4.35. The Labute approximate surface area is 159 Å². The van der Waals surface area contributed by atoms with Gasteiger partial charge in [-0.15, -0.1) is 11.3 Å². The zero-order valence-electron chi connectivity index (χ0n) is 14.8. The molecule has 0 unspecified atom stereocenters. The number of carbonyl (C=O) groups is 2. The number of rotatable bonds is 6. The molecule has 0 saturated heterocycles. The molecule has 2 aromatic heterocycles. The third-order valence-electron chi connectivity index (χ3n) is 3.55. The standard InChI is InChI=1S/C18H18N6O2S/c1-10-7-11(2)21-17(20-10)24-18-23-14(9-27-18)8-15(25)22-13-5-3-12(4-6-13)16(19)26/h3-7,9H,8H2,1-2H3,(H2,19,26)(H,22,25)(H,20,21,23,24). The molecule has 138 valence electrons. The maximum absolute atomic E-state index is 12.2. The second-order valence-corrected chi connectivity index (χ2v) is 6.77. The lowest BCUT2D eigenvalue weighted by Gasteiger charge is -2.05. The van der Waals surface area contributed by atoms with Gasteiger partial charge >= 0.3 is 0 Å². The summed E-state index contributed by atoms with van der Waals surface area (Å²) < 4.78 is 0. The van der Waals surface area contributed by atoms with Crippen LogP contribution in [0, 0.1) is 13.8 Å². The average Bonchev–Trinajstić information content (AvgIpc) is 3.01.